The van der Waals surface area contributed by atoms with Crippen LogP contribution in [0.5, 0.6) is 0 Å². The second-order valence-corrected chi connectivity index (χ2v) is 13.2. The van der Waals surface area contributed by atoms with Crippen LogP contribution in [0.4, 0.5) is 5.69 Å². The molecule has 1 amide bonds. The topological polar surface area (TPSA) is 101 Å². The summed E-state index contributed by atoms with van der Waals surface area (Å²) in [4.78, 5) is 18.7. The fraction of sp³-hybridized carbons (Fsp3) is 0.781. The number of ether oxygens (including phenoxy) is 1. The number of amides is 1. The molecule has 9 heteroatoms. The highest BCUT2D eigenvalue weighted by Gasteiger charge is 2.33. The molecule has 0 aliphatic carbocycles. The van der Waals surface area contributed by atoms with E-state index in [4.69, 9.17) is 4.74 Å². The zero-order valence-corrected chi connectivity index (χ0v) is 25.8. The fourth-order valence-corrected chi connectivity index (χ4v) is 7.55. The fourth-order valence-electron chi connectivity index (χ4n) is 7.55. The molecule has 4 heterocycles. The van der Waals surface area contributed by atoms with Gasteiger partial charge in [-0.15, -0.1) is 0 Å². The van der Waals surface area contributed by atoms with Gasteiger partial charge in [0.2, 0.25) is 0 Å². The van der Waals surface area contributed by atoms with Gasteiger partial charge in [0, 0.05) is 75.1 Å². The molecule has 4 saturated heterocycles. The van der Waals surface area contributed by atoms with E-state index in [1.165, 1.54) is 11.3 Å². The molecule has 6 unspecified atom stereocenters. The van der Waals surface area contributed by atoms with Crippen LogP contribution in [-0.2, 0) is 4.74 Å². The van der Waals surface area contributed by atoms with Gasteiger partial charge >= 0.3 is 0 Å². The summed E-state index contributed by atoms with van der Waals surface area (Å²) in [6.07, 6.45) is 4.88. The number of nitrogens with one attached hydrogen (secondary N) is 4. The van der Waals surface area contributed by atoms with Gasteiger partial charge in [0.15, 0.2) is 0 Å². The van der Waals surface area contributed by atoms with Crippen LogP contribution in [-0.4, -0.2) is 106 Å². The minimum Gasteiger partial charge on any atom is -0.379 e. The van der Waals surface area contributed by atoms with Crippen LogP contribution < -0.4 is 26.2 Å². The van der Waals surface area contributed by atoms with E-state index in [0.29, 0.717) is 30.5 Å². The molecule has 5 N–H and O–H groups in total. The number of hydrogen-bond acceptors (Lipinski definition) is 8. The Morgan fingerprint density at radius 2 is 1.90 bits per heavy atom. The van der Waals surface area contributed by atoms with Crippen molar-refractivity contribution in [1.82, 2.24) is 26.2 Å². The Hall–Kier alpha value is -1.75. The van der Waals surface area contributed by atoms with Crippen LogP contribution in [0.25, 0.3) is 0 Å². The Balaban J connectivity index is 1.32. The minimum atomic E-state index is -0.596. The molecule has 0 saturated carbocycles. The first kappa shape index (κ1) is 30.7. The Morgan fingerprint density at radius 3 is 2.59 bits per heavy atom. The number of morpholine rings is 1. The number of carbonyl (C=O) groups is 1. The maximum Gasteiger partial charge on any atom is 0.251 e. The molecule has 6 atom stereocenters. The molecule has 4 aliphatic rings. The molecule has 4 fully saturated rings. The highest BCUT2D eigenvalue weighted by atomic mass is 16.5. The second-order valence-electron chi connectivity index (χ2n) is 13.2. The van der Waals surface area contributed by atoms with Crippen molar-refractivity contribution in [3.8, 4) is 0 Å². The van der Waals surface area contributed by atoms with Crippen molar-refractivity contribution in [3.05, 3.63) is 28.8 Å². The van der Waals surface area contributed by atoms with Gasteiger partial charge in [0.1, 0.15) is 6.23 Å². The number of aliphatic hydroxyl groups excluding tert-OH is 1. The predicted molar refractivity (Wildman–Crippen MR) is 165 cm³/mol. The van der Waals surface area contributed by atoms with Crippen molar-refractivity contribution < 1.29 is 14.6 Å². The number of hydrogen-bond donors (Lipinski definition) is 5. The van der Waals surface area contributed by atoms with Gasteiger partial charge < -0.3 is 30.7 Å². The summed E-state index contributed by atoms with van der Waals surface area (Å²) in [6.45, 7) is 14.7. The summed E-state index contributed by atoms with van der Waals surface area (Å²) in [5.41, 5.74) is 4.25. The molecule has 0 spiro atoms. The first-order valence-corrected chi connectivity index (χ1v) is 16.1. The van der Waals surface area contributed by atoms with Crippen molar-refractivity contribution in [2.24, 2.45) is 11.8 Å². The molecule has 1 aromatic carbocycles. The van der Waals surface area contributed by atoms with Crippen LogP contribution in [0, 0.1) is 18.8 Å². The summed E-state index contributed by atoms with van der Waals surface area (Å²) in [7, 11) is 2.20. The monoisotopic (exact) mass is 570 g/mol. The maximum absolute atomic E-state index is 13.8. The molecule has 41 heavy (non-hydrogen) atoms. The normalized spacial score (nSPS) is 32.0. The van der Waals surface area contributed by atoms with E-state index < -0.39 is 6.23 Å². The SMILES string of the molecule is Cc1c(C(=O)NCC2C(C)CC(C)NC2O)cc(C2CCC(CN3CCOCC3)NC2)cc1N(C)C1CCNCC1. The van der Waals surface area contributed by atoms with E-state index >= 15 is 0 Å². The largest absolute Gasteiger partial charge is 0.379 e. The van der Waals surface area contributed by atoms with Gasteiger partial charge in [-0.1, -0.05) is 6.92 Å². The van der Waals surface area contributed by atoms with Gasteiger partial charge in [0.05, 0.1) is 13.2 Å². The average molecular weight is 571 g/mol. The molecule has 230 valence electrons. The van der Waals surface area contributed by atoms with E-state index in [-0.39, 0.29) is 17.9 Å². The van der Waals surface area contributed by atoms with Crippen LogP contribution in [0.1, 0.15) is 73.4 Å². The van der Waals surface area contributed by atoms with Crippen molar-refractivity contribution in [3.63, 3.8) is 0 Å². The van der Waals surface area contributed by atoms with Crippen LogP contribution in [0.3, 0.4) is 0 Å². The highest BCUT2D eigenvalue weighted by molar-refractivity contribution is 5.97. The third-order valence-electron chi connectivity index (χ3n) is 10.3. The molecule has 0 radical (unpaired) electrons. The lowest BCUT2D eigenvalue weighted by atomic mass is 9.83. The van der Waals surface area contributed by atoms with Crippen LogP contribution >= 0.6 is 0 Å². The summed E-state index contributed by atoms with van der Waals surface area (Å²) in [6, 6.07) is 5.78. The van der Waals surface area contributed by atoms with E-state index in [1.54, 1.807) is 0 Å². The third kappa shape index (κ3) is 7.61. The molecule has 1 aromatic rings. The van der Waals surface area contributed by atoms with Crippen molar-refractivity contribution in [1.29, 1.82) is 0 Å². The quantitative estimate of drug-likeness (QED) is 0.324. The lowest BCUT2D eigenvalue weighted by Gasteiger charge is -2.38. The van der Waals surface area contributed by atoms with Crippen molar-refractivity contribution in [2.45, 2.75) is 83.1 Å². The van der Waals surface area contributed by atoms with Gasteiger partial charge in [-0.25, -0.2) is 0 Å². The Morgan fingerprint density at radius 1 is 1.15 bits per heavy atom. The van der Waals surface area contributed by atoms with Crippen molar-refractivity contribution >= 4 is 11.6 Å². The van der Waals surface area contributed by atoms with E-state index in [9.17, 15) is 9.90 Å². The predicted octanol–water partition coefficient (Wildman–Crippen LogP) is 2.03. The molecular formula is C32H54N6O3. The number of aliphatic hydroxyl groups is 1. The van der Waals surface area contributed by atoms with Gasteiger partial charge in [-0.2, -0.15) is 0 Å². The smallest absolute Gasteiger partial charge is 0.251 e. The Kier molecular flexibility index (Phi) is 10.6. The molecule has 4 aliphatic heterocycles. The first-order chi connectivity index (χ1) is 19.8. The molecule has 9 nitrogen and oxygen atoms in total. The first-order valence-electron chi connectivity index (χ1n) is 16.1. The number of piperidine rings is 3. The van der Waals surface area contributed by atoms with E-state index in [1.807, 2.05) is 0 Å². The number of benzene rings is 1. The zero-order chi connectivity index (χ0) is 28.9. The van der Waals surface area contributed by atoms with Gasteiger partial charge in [-0.3, -0.25) is 15.0 Å². The maximum atomic E-state index is 13.8. The molecule has 5 rings (SSSR count). The molecular weight excluding hydrogens is 516 g/mol. The van der Waals surface area contributed by atoms with Crippen LogP contribution in [0.15, 0.2) is 12.1 Å². The number of rotatable bonds is 8. The Labute approximate surface area is 247 Å². The van der Waals surface area contributed by atoms with E-state index in [0.717, 1.165) is 95.7 Å². The van der Waals surface area contributed by atoms with E-state index in [2.05, 4.69) is 71.0 Å². The number of anilines is 1. The number of carbonyl (C=O) groups excluding carboxylic acids is 1. The summed E-state index contributed by atoms with van der Waals surface area (Å²) in [5, 5.41) is 24.4. The van der Waals surface area contributed by atoms with Gasteiger partial charge in [0.25, 0.3) is 5.91 Å². The lowest BCUT2D eigenvalue weighted by Crippen LogP contribution is -2.53. The zero-order valence-electron chi connectivity index (χ0n) is 25.8. The standard InChI is InChI=1S/C32H54N6O3/c1-21-15-22(2)36-32(40)29(21)19-35-31(39)28-16-25(17-30(23(28)3)37(4)27-7-9-33-10-8-27)24-5-6-26(34-18-24)20-38-11-13-41-14-12-38/h16-17,21-22,24,26-27,29,32-34,36,40H,5-15,18-20H2,1-4H3,(H,35,39). The number of nitrogens with zero attached hydrogens (tertiary/aromatic N) is 2. The lowest BCUT2D eigenvalue weighted by molar-refractivity contribution is 0.00477. The minimum absolute atomic E-state index is 0.00136. The highest BCUT2D eigenvalue weighted by Crippen LogP contribution is 2.34. The van der Waals surface area contributed by atoms with Gasteiger partial charge in [-0.05, 0) is 94.1 Å². The molecule has 0 bridgehead atoms. The average Bonchev–Trinajstić information content (AvgIpc) is 2.97. The van der Waals surface area contributed by atoms with Crippen molar-refractivity contribution in [2.75, 3.05) is 71.0 Å². The summed E-state index contributed by atoms with van der Waals surface area (Å²) < 4.78 is 5.53. The second kappa shape index (κ2) is 14.1. The summed E-state index contributed by atoms with van der Waals surface area (Å²) >= 11 is 0. The summed E-state index contributed by atoms with van der Waals surface area (Å²) in [5.74, 6) is 0.696. The third-order valence-corrected chi connectivity index (χ3v) is 10.3. The molecule has 0 aromatic heterocycles. The van der Waals surface area contributed by atoms with Crippen LogP contribution in [0.2, 0.25) is 0 Å². The Bertz CT molecular complexity index is 991.